The second-order valence-electron chi connectivity index (χ2n) is 7.86. The highest BCUT2D eigenvalue weighted by molar-refractivity contribution is 9.10. The Morgan fingerprint density at radius 2 is 1.94 bits per heavy atom. The highest BCUT2D eigenvalue weighted by Gasteiger charge is 2.17. The number of rotatable bonds is 7. The van der Waals surface area contributed by atoms with Gasteiger partial charge in [-0.2, -0.15) is 9.78 Å². The molecule has 0 radical (unpaired) electrons. The van der Waals surface area contributed by atoms with Crippen LogP contribution in [0.15, 0.2) is 50.8 Å². The molecule has 0 spiro atoms. The van der Waals surface area contributed by atoms with E-state index < -0.39 is 12.1 Å². The minimum Gasteiger partial charge on any atom is -0.479 e. The van der Waals surface area contributed by atoms with Crippen molar-refractivity contribution in [1.82, 2.24) is 9.66 Å². The highest BCUT2D eigenvalue weighted by atomic mass is 79.9. The average Bonchev–Trinajstić information content (AvgIpc) is 2.73. The van der Waals surface area contributed by atoms with E-state index in [2.05, 4.69) is 26.0 Å². The lowest BCUT2D eigenvalue weighted by atomic mass is 10.1. The van der Waals surface area contributed by atoms with E-state index in [-0.39, 0.29) is 11.5 Å². The zero-order valence-corrected chi connectivity index (χ0v) is 20.1. The molecule has 1 atom stereocenters. The lowest BCUT2D eigenvalue weighted by Crippen LogP contribution is -2.24. The quantitative estimate of drug-likeness (QED) is 0.490. The first-order valence-electron chi connectivity index (χ1n) is 10.1. The standard InChI is InChI=1S/C23H25BrN4O4/c1-13(2)21-26-19-9-7-16(24)10-18(19)22(29)28(21)25-12-15-6-8-17(27(4)5)11-20(15)32-14(3)23(30)31/h6-14H,1-5H3,(H,30,31)/t14-/m1/s1. The number of hydrogen-bond donors (Lipinski definition) is 1. The summed E-state index contributed by atoms with van der Waals surface area (Å²) in [5.41, 5.74) is 1.69. The van der Waals surface area contributed by atoms with E-state index in [4.69, 9.17) is 4.74 Å². The maximum absolute atomic E-state index is 13.2. The van der Waals surface area contributed by atoms with Crippen LogP contribution in [-0.2, 0) is 4.79 Å². The molecule has 2 aromatic carbocycles. The molecule has 1 heterocycles. The Bertz CT molecular complexity index is 1250. The first-order chi connectivity index (χ1) is 15.1. The first-order valence-corrected chi connectivity index (χ1v) is 10.8. The van der Waals surface area contributed by atoms with Gasteiger partial charge in [0.2, 0.25) is 0 Å². The molecule has 32 heavy (non-hydrogen) atoms. The van der Waals surface area contributed by atoms with Crippen molar-refractivity contribution < 1.29 is 14.6 Å². The number of hydrogen-bond acceptors (Lipinski definition) is 6. The molecule has 3 aromatic rings. The van der Waals surface area contributed by atoms with Crippen LogP contribution in [0.3, 0.4) is 0 Å². The molecule has 0 saturated carbocycles. The molecule has 0 aliphatic carbocycles. The molecule has 0 fully saturated rings. The second kappa shape index (κ2) is 9.52. The van der Waals surface area contributed by atoms with Crippen LogP contribution >= 0.6 is 15.9 Å². The molecule has 1 aromatic heterocycles. The van der Waals surface area contributed by atoms with Crippen LogP contribution in [0.4, 0.5) is 5.69 Å². The topological polar surface area (TPSA) is 97.0 Å². The van der Waals surface area contributed by atoms with E-state index in [1.54, 1.807) is 24.3 Å². The van der Waals surface area contributed by atoms with Gasteiger partial charge in [-0.3, -0.25) is 4.79 Å². The van der Waals surface area contributed by atoms with Gasteiger partial charge in [0, 0.05) is 41.8 Å². The van der Waals surface area contributed by atoms with E-state index in [1.807, 2.05) is 45.0 Å². The van der Waals surface area contributed by atoms with E-state index in [0.717, 1.165) is 10.2 Å². The number of fused-ring (bicyclic) bond motifs is 1. The van der Waals surface area contributed by atoms with Crippen LogP contribution < -0.4 is 15.2 Å². The van der Waals surface area contributed by atoms with Gasteiger partial charge >= 0.3 is 5.97 Å². The van der Waals surface area contributed by atoms with Crippen molar-refractivity contribution >= 4 is 44.7 Å². The van der Waals surface area contributed by atoms with Crippen LogP contribution in [0.5, 0.6) is 5.75 Å². The fourth-order valence-corrected chi connectivity index (χ4v) is 3.38. The number of carbonyl (C=O) groups is 1. The summed E-state index contributed by atoms with van der Waals surface area (Å²) in [5.74, 6) is -0.254. The Hall–Kier alpha value is -3.20. The molecule has 0 aliphatic rings. The van der Waals surface area contributed by atoms with Crippen LogP contribution in [0.2, 0.25) is 0 Å². The third-order valence-electron chi connectivity index (χ3n) is 4.83. The van der Waals surface area contributed by atoms with Gasteiger partial charge in [-0.15, -0.1) is 0 Å². The molecule has 168 valence electrons. The number of carboxylic acids is 1. The predicted octanol–water partition coefficient (Wildman–Crippen LogP) is 4.08. The SMILES string of the molecule is CC(C)c1nc2ccc(Br)cc2c(=O)n1N=Cc1ccc(N(C)C)cc1O[C@H](C)C(=O)O. The van der Waals surface area contributed by atoms with Gasteiger partial charge in [0.15, 0.2) is 6.10 Å². The van der Waals surface area contributed by atoms with Gasteiger partial charge in [0.1, 0.15) is 11.6 Å². The fourth-order valence-electron chi connectivity index (χ4n) is 3.02. The number of halogens is 1. The molecule has 0 saturated heterocycles. The predicted molar refractivity (Wildman–Crippen MR) is 129 cm³/mol. The van der Waals surface area contributed by atoms with Crippen molar-refractivity contribution in [3.05, 3.63) is 62.6 Å². The van der Waals surface area contributed by atoms with Gasteiger partial charge in [-0.05, 0) is 37.3 Å². The van der Waals surface area contributed by atoms with Crippen molar-refractivity contribution in [3.63, 3.8) is 0 Å². The average molecular weight is 501 g/mol. The minimum atomic E-state index is -1.08. The second-order valence-corrected chi connectivity index (χ2v) is 8.78. The Morgan fingerprint density at radius 1 is 1.22 bits per heavy atom. The summed E-state index contributed by atoms with van der Waals surface area (Å²) < 4.78 is 7.71. The van der Waals surface area contributed by atoms with Crippen LogP contribution in [0.1, 0.15) is 38.1 Å². The maximum Gasteiger partial charge on any atom is 0.344 e. The third kappa shape index (κ3) is 4.99. The minimum absolute atomic E-state index is 0.0493. The molecular weight excluding hydrogens is 476 g/mol. The summed E-state index contributed by atoms with van der Waals surface area (Å²) >= 11 is 3.39. The number of carboxylic acid groups (broad SMARTS) is 1. The number of aromatic nitrogens is 2. The Balaban J connectivity index is 2.14. The molecule has 0 aliphatic heterocycles. The number of benzene rings is 2. The molecule has 9 heteroatoms. The van der Waals surface area contributed by atoms with Crippen LogP contribution in [0.25, 0.3) is 10.9 Å². The molecule has 0 bridgehead atoms. The monoisotopic (exact) mass is 500 g/mol. The lowest BCUT2D eigenvalue weighted by molar-refractivity contribution is -0.144. The normalized spacial score (nSPS) is 12.5. The number of anilines is 1. The highest BCUT2D eigenvalue weighted by Crippen LogP contribution is 2.25. The summed E-state index contributed by atoms with van der Waals surface area (Å²) in [6.45, 7) is 5.33. The van der Waals surface area contributed by atoms with E-state index in [1.165, 1.54) is 17.8 Å². The molecule has 0 unspecified atom stereocenters. The van der Waals surface area contributed by atoms with E-state index in [0.29, 0.717) is 28.0 Å². The molecule has 8 nitrogen and oxygen atoms in total. The summed E-state index contributed by atoms with van der Waals surface area (Å²) in [6.07, 6.45) is 0.440. The molecule has 3 rings (SSSR count). The lowest BCUT2D eigenvalue weighted by Gasteiger charge is -2.18. The summed E-state index contributed by atoms with van der Waals surface area (Å²) in [6, 6.07) is 10.7. The Kier molecular flexibility index (Phi) is 6.98. The summed E-state index contributed by atoms with van der Waals surface area (Å²) in [7, 11) is 3.75. The largest absolute Gasteiger partial charge is 0.479 e. The number of nitrogens with zero attached hydrogens (tertiary/aromatic N) is 4. The van der Waals surface area contributed by atoms with Gasteiger partial charge in [-0.1, -0.05) is 29.8 Å². The Labute approximate surface area is 194 Å². The van der Waals surface area contributed by atoms with Crippen LogP contribution in [-0.4, -0.2) is 47.1 Å². The number of ether oxygens (including phenoxy) is 1. The third-order valence-corrected chi connectivity index (χ3v) is 5.32. The summed E-state index contributed by atoms with van der Waals surface area (Å²) in [5, 5.41) is 14.1. The molecule has 0 amide bonds. The van der Waals surface area contributed by atoms with Crippen molar-refractivity contribution in [3.8, 4) is 5.75 Å². The van der Waals surface area contributed by atoms with E-state index in [9.17, 15) is 14.7 Å². The summed E-state index contributed by atoms with van der Waals surface area (Å²) in [4.78, 5) is 31.0. The zero-order chi connectivity index (χ0) is 23.6. The van der Waals surface area contributed by atoms with Gasteiger partial charge in [0.05, 0.1) is 17.1 Å². The zero-order valence-electron chi connectivity index (χ0n) is 18.5. The smallest absolute Gasteiger partial charge is 0.344 e. The van der Waals surface area contributed by atoms with Crippen LogP contribution in [0, 0.1) is 0 Å². The fraction of sp³-hybridized carbons (Fsp3) is 0.304. The Morgan fingerprint density at radius 3 is 2.56 bits per heavy atom. The number of aliphatic carboxylic acids is 1. The van der Waals surface area contributed by atoms with Gasteiger partial charge < -0.3 is 14.7 Å². The first kappa shape index (κ1) is 23.5. The maximum atomic E-state index is 13.2. The van der Waals surface area contributed by atoms with Crippen molar-refractivity contribution in [2.24, 2.45) is 5.10 Å². The van der Waals surface area contributed by atoms with Gasteiger partial charge in [0.25, 0.3) is 5.56 Å². The molecule has 1 N–H and O–H groups in total. The molecular formula is C23H25BrN4O4. The van der Waals surface area contributed by atoms with Gasteiger partial charge in [-0.25, -0.2) is 9.78 Å². The van der Waals surface area contributed by atoms with Crippen molar-refractivity contribution in [2.75, 3.05) is 19.0 Å². The van der Waals surface area contributed by atoms with Crippen molar-refractivity contribution in [2.45, 2.75) is 32.8 Å². The van der Waals surface area contributed by atoms with E-state index >= 15 is 0 Å². The van der Waals surface area contributed by atoms with Crippen molar-refractivity contribution in [1.29, 1.82) is 0 Å².